The Labute approximate surface area is 149 Å². The molecule has 25 heavy (non-hydrogen) atoms. The number of rotatable bonds is 5. The van der Waals surface area contributed by atoms with Crippen LogP contribution in [-0.4, -0.2) is 43.7 Å². The first-order valence-electron chi connectivity index (χ1n) is 7.52. The first-order valence-corrected chi connectivity index (χ1v) is 8.31. The van der Waals surface area contributed by atoms with E-state index in [-0.39, 0.29) is 31.9 Å². The molecule has 1 aliphatic rings. The number of likely N-dealkylation sites (tertiary alicyclic amines) is 1. The molecule has 1 unspecified atom stereocenters. The smallest absolute Gasteiger partial charge is 0.491 e. The van der Waals surface area contributed by atoms with E-state index in [0.29, 0.717) is 17.4 Å². The molecule has 1 atom stereocenters. The van der Waals surface area contributed by atoms with E-state index >= 15 is 0 Å². The van der Waals surface area contributed by atoms with E-state index < -0.39 is 24.2 Å². The predicted molar refractivity (Wildman–Crippen MR) is 81.5 cm³/mol. The Bertz CT molecular complexity index is 578. The van der Waals surface area contributed by atoms with Crippen LogP contribution in [0.3, 0.4) is 0 Å². The van der Waals surface area contributed by atoms with Crippen molar-refractivity contribution in [2.45, 2.75) is 25.4 Å². The minimum absolute atomic E-state index is 0.0542. The van der Waals surface area contributed by atoms with Gasteiger partial charge in [-0.1, -0.05) is 0 Å². The standard InChI is InChI=1S/C15H16BrF6NO2/c16-12-4-3-11(25-15(20,21)22)8-13(12)24-7-6-23-5-1-2-10(9-23)14(17,18)19/h3-4,8,10H,1-2,5-7,9H2. The zero-order chi connectivity index (χ0) is 18.7. The Balaban J connectivity index is 1.88. The Morgan fingerprint density at radius 1 is 1.16 bits per heavy atom. The third-order valence-electron chi connectivity index (χ3n) is 3.77. The molecule has 1 saturated heterocycles. The van der Waals surface area contributed by atoms with Crippen LogP contribution in [0.15, 0.2) is 22.7 Å². The third kappa shape index (κ3) is 6.58. The molecular weight excluding hydrogens is 420 g/mol. The predicted octanol–water partition coefficient (Wildman–Crippen LogP) is 5.00. The molecule has 0 bridgehead atoms. The molecule has 0 N–H and O–H groups in total. The second kappa shape index (κ2) is 8.03. The van der Waals surface area contributed by atoms with E-state index in [1.54, 1.807) is 4.90 Å². The minimum Gasteiger partial charge on any atom is -0.491 e. The van der Waals surface area contributed by atoms with Gasteiger partial charge >= 0.3 is 12.5 Å². The monoisotopic (exact) mass is 435 g/mol. The first kappa shape index (κ1) is 20.2. The zero-order valence-electron chi connectivity index (χ0n) is 13.0. The Hall–Kier alpha value is -1.16. The summed E-state index contributed by atoms with van der Waals surface area (Å²) in [4.78, 5) is 1.64. The number of hydrogen-bond donors (Lipinski definition) is 0. The molecule has 0 saturated carbocycles. The van der Waals surface area contributed by atoms with E-state index in [1.165, 1.54) is 6.07 Å². The van der Waals surface area contributed by atoms with Crippen molar-refractivity contribution in [2.24, 2.45) is 5.92 Å². The van der Waals surface area contributed by atoms with Crippen LogP contribution >= 0.6 is 15.9 Å². The fraction of sp³-hybridized carbons (Fsp3) is 0.600. The lowest BCUT2D eigenvalue weighted by Gasteiger charge is -2.33. The van der Waals surface area contributed by atoms with Crippen LogP contribution in [-0.2, 0) is 0 Å². The number of piperidine rings is 1. The average molecular weight is 436 g/mol. The van der Waals surface area contributed by atoms with Crippen molar-refractivity contribution in [3.05, 3.63) is 22.7 Å². The summed E-state index contributed by atoms with van der Waals surface area (Å²) in [5, 5.41) is 0. The van der Waals surface area contributed by atoms with E-state index in [4.69, 9.17) is 4.74 Å². The average Bonchev–Trinajstić information content (AvgIpc) is 2.48. The van der Waals surface area contributed by atoms with Gasteiger partial charge in [-0.3, -0.25) is 4.90 Å². The van der Waals surface area contributed by atoms with Crippen LogP contribution < -0.4 is 9.47 Å². The van der Waals surface area contributed by atoms with Crippen molar-refractivity contribution < 1.29 is 35.8 Å². The number of nitrogens with zero attached hydrogens (tertiary/aromatic N) is 1. The molecule has 1 aromatic rings. The topological polar surface area (TPSA) is 21.7 Å². The normalized spacial score (nSPS) is 19.7. The maximum atomic E-state index is 12.8. The summed E-state index contributed by atoms with van der Waals surface area (Å²) < 4.78 is 84.6. The van der Waals surface area contributed by atoms with Gasteiger partial charge in [-0.2, -0.15) is 13.2 Å². The molecule has 0 aliphatic carbocycles. The van der Waals surface area contributed by atoms with Gasteiger partial charge in [-0.15, -0.1) is 13.2 Å². The molecule has 0 radical (unpaired) electrons. The number of benzene rings is 1. The van der Waals surface area contributed by atoms with E-state index in [2.05, 4.69) is 20.7 Å². The fourth-order valence-electron chi connectivity index (χ4n) is 2.60. The number of hydrogen-bond acceptors (Lipinski definition) is 3. The molecule has 0 spiro atoms. The van der Waals surface area contributed by atoms with Crippen LogP contribution in [0.2, 0.25) is 0 Å². The van der Waals surface area contributed by atoms with Crippen molar-refractivity contribution in [3.63, 3.8) is 0 Å². The highest BCUT2D eigenvalue weighted by molar-refractivity contribution is 9.10. The fourth-order valence-corrected chi connectivity index (χ4v) is 2.96. The molecule has 0 aromatic heterocycles. The zero-order valence-corrected chi connectivity index (χ0v) is 14.5. The summed E-state index contributed by atoms with van der Waals surface area (Å²) in [6.07, 6.45) is -8.47. The number of ether oxygens (including phenoxy) is 2. The summed E-state index contributed by atoms with van der Waals surface area (Å²) >= 11 is 3.15. The Morgan fingerprint density at radius 2 is 1.88 bits per heavy atom. The molecule has 10 heteroatoms. The molecule has 142 valence electrons. The molecule has 1 fully saturated rings. The van der Waals surface area contributed by atoms with Crippen molar-refractivity contribution in [1.29, 1.82) is 0 Å². The third-order valence-corrected chi connectivity index (χ3v) is 4.42. The number of halogens is 7. The maximum absolute atomic E-state index is 12.8. The molecule has 2 rings (SSSR count). The second-order valence-corrected chi connectivity index (χ2v) is 6.52. The van der Waals surface area contributed by atoms with Crippen molar-refractivity contribution in [3.8, 4) is 11.5 Å². The highest BCUT2D eigenvalue weighted by Crippen LogP contribution is 2.34. The van der Waals surface area contributed by atoms with Gasteiger partial charge in [0.1, 0.15) is 18.1 Å². The van der Waals surface area contributed by atoms with Gasteiger partial charge in [0, 0.05) is 19.2 Å². The van der Waals surface area contributed by atoms with Crippen LogP contribution in [0.5, 0.6) is 11.5 Å². The van der Waals surface area contributed by atoms with Gasteiger partial charge < -0.3 is 9.47 Å². The second-order valence-electron chi connectivity index (χ2n) is 5.67. The molecule has 0 amide bonds. The van der Waals surface area contributed by atoms with E-state index in [0.717, 1.165) is 12.1 Å². The highest BCUT2D eigenvalue weighted by atomic mass is 79.9. The maximum Gasteiger partial charge on any atom is 0.573 e. The summed E-state index contributed by atoms with van der Waals surface area (Å²) in [6.45, 7) is 0.752. The Kier molecular flexibility index (Phi) is 6.47. The Morgan fingerprint density at radius 3 is 2.52 bits per heavy atom. The van der Waals surface area contributed by atoms with E-state index in [1.807, 2.05) is 0 Å². The summed E-state index contributed by atoms with van der Waals surface area (Å²) in [5.41, 5.74) is 0. The van der Waals surface area contributed by atoms with Crippen molar-refractivity contribution in [2.75, 3.05) is 26.2 Å². The first-order chi connectivity index (χ1) is 11.5. The summed E-state index contributed by atoms with van der Waals surface area (Å²) in [7, 11) is 0. The van der Waals surface area contributed by atoms with Gasteiger partial charge in [0.15, 0.2) is 0 Å². The van der Waals surface area contributed by atoms with Crippen LogP contribution in [0.1, 0.15) is 12.8 Å². The van der Waals surface area contributed by atoms with Crippen LogP contribution in [0, 0.1) is 5.92 Å². The van der Waals surface area contributed by atoms with Crippen LogP contribution in [0.4, 0.5) is 26.3 Å². The molecule has 1 aliphatic heterocycles. The minimum atomic E-state index is -4.81. The summed E-state index contributed by atoms with van der Waals surface area (Å²) in [5.74, 6) is -1.65. The lowest BCUT2D eigenvalue weighted by atomic mass is 9.98. The summed E-state index contributed by atoms with van der Waals surface area (Å²) in [6, 6.07) is 3.55. The van der Waals surface area contributed by atoms with Crippen molar-refractivity contribution >= 4 is 15.9 Å². The van der Waals surface area contributed by atoms with E-state index in [9.17, 15) is 26.3 Å². The molecular formula is C15H16BrF6NO2. The largest absolute Gasteiger partial charge is 0.573 e. The molecule has 3 nitrogen and oxygen atoms in total. The molecule has 1 heterocycles. The van der Waals surface area contributed by atoms with Crippen molar-refractivity contribution in [1.82, 2.24) is 4.90 Å². The van der Waals surface area contributed by atoms with Gasteiger partial charge in [0.2, 0.25) is 0 Å². The number of alkyl halides is 6. The van der Waals surface area contributed by atoms with Gasteiger partial charge in [-0.05, 0) is 47.4 Å². The quantitative estimate of drug-likeness (QED) is 0.607. The highest BCUT2D eigenvalue weighted by Gasteiger charge is 2.41. The lowest BCUT2D eigenvalue weighted by Crippen LogP contribution is -2.43. The van der Waals surface area contributed by atoms with Gasteiger partial charge in [0.25, 0.3) is 0 Å². The van der Waals surface area contributed by atoms with Gasteiger partial charge in [0.05, 0.1) is 10.4 Å². The molecule has 1 aromatic carbocycles. The van der Waals surface area contributed by atoms with Gasteiger partial charge in [-0.25, -0.2) is 0 Å². The van der Waals surface area contributed by atoms with Crippen LogP contribution in [0.25, 0.3) is 0 Å². The lowest BCUT2D eigenvalue weighted by molar-refractivity contribution is -0.274. The SMILES string of the molecule is FC(F)(F)Oc1ccc(Br)c(OCCN2CCCC(C(F)(F)F)C2)c1.